The molecule has 0 amide bonds. The minimum Gasteiger partial charge on any atom is -0.508 e. The van der Waals surface area contributed by atoms with Crippen molar-refractivity contribution in [1.82, 2.24) is 15.2 Å². The molecule has 2 aromatic carbocycles. The van der Waals surface area contributed by atoms with Gasteiger partial charge in [-0.05, 0) is 40.9 Å². The summed E-state index contributed by atoms with van der Waals surface area (Å²) in [6.45, 7) is 0.214. The van der Waals surface area contributed by atoms with Gasteiger partial charge in [0.1, 0.15) is 0 Å². The maximum absolute atomic E-state index is 10.6. The number of hydrogen-bond donors (Lipinski definition) is 2. The van der Waals surface area contributed by atoms with Crippen LogP contribution in [0.5, 0.6) is 0 Å². The van der Waals surface area contributed by atoms with Crippen LogP contribution in [0.25, 0.3) is 33.3 Å². The number of anilines is 1. The summed E-state index contributed by atoms with van der Waals surface area (Å²) in [5.74, 6) is 0. The molecule has 0 saturated heterocycles. The summed E-state index contributed by atoms with van der Waals surface area (Å²) in [5, 5.41) is 18.9. The molecule has 8 heteroatoms. The Morgan fingerprint density at radius 3 is 2.75 bits per heavy atom. The van der Waals surface area contributed by atoms with Gasteiger partial charge in [-0.15, -0.1) is 0 Å². The predicted octanol–water partition coefficient (Wildman–Crippen LogP) is 1.80. The summed E-state index contributed by atoms with van der Waals surface area (Å²) >= 11 is 0. The summed E-state index contributed by atoms with van der Waals surface area (Å²) in [6.07, 6.45) is 3.22. The Morgan fingerprint density at radius 2 is 1.96 bits per heavy atom. The molecule has 7 nitrogen and oxygen atoms in total. The van der Waals surface area contributed by atoms with Gasteiger partial charge >= 0.3 is 7.12 Å². The van der Waals surface area contributed by atoms with E-state index < -0.39 is 7.12 Å². The lowest BCUT2D eigenvalue weighted by Crippen LogP contribution is -2.33. The Kier molecular flexibility index (Phi) is 4.69. The van der Waals surface area contributed by atoms with Crippen LogP contribution in [-0.2, 0) is 9.45 Å². The number of nitrogen functional groups attached to an aromatic ring is 1. The molecule has 4 aromatic rings. The van der Waals surface area contributed by atoms with Gasteiger partial charge in [-0.2, -0.15) is 10.2 Å². The van der Waals surface area contributed by atoms with Gasteiger partial charge in [0.05, 0.1) is 23.1 Å². The second-order valence-electron chi connectivity index (χ2n) is 6.14. The first kappa shape index (κ1) is 17.6. The third-order valence-electron chi connectivity index (χ3n) is 4.44. The Morgan fingerprint density at radius 1 is 1.07 bits per heavy atom. The van der Waals surface area contributed by atoms with E-state index in [-0.39, 0.29) is 6.47 Å². The van der Waals surface area contributed by atoms with Crippen LogP contribution in [0.3, 0.4) is 0 Å². The lowest BCUT2D eigenvalue weighted by Gasteiger charge is -2.13. The van der Waals surface area contributed by atoms with Gasteiger partial charge in [-0.3, -0.25) is 9.78 Å². The van der Waals surface area contributed by atoms with Gasteiger partial charge in [-0.25, -0.2) is 0 Å². The molecule has 0 radical (unpaired) electrons. The molecule has 0 bridgehead atoms. The van der Waals surface area contributed by atoms with E-state index in [2.05, 4.69) is 19.8 Å². The van der Waals surface area contributed by atoms with E-state index in [0.29, 0.717) is 16.7 Å². The van der Waals surface area contributed by atoms with E-state index >= 15 is 0 Å². The highest BCUT2D eigenvalue weighted by Gasteiger charge is 2.20. The molecule has 2 heterocycles. The van der Waals surface area contributed by atoms with Crippen molar-refractivity contribution in [2.45, 2.75) is 0 Å². The topological polar surface area (TPSA) is 111 Å². The van der Waals surface area contributed by atoms with Gasteiger partial charge in [0.25, 0.3) is 6.47 Å². The normalized spacial score (nSPS) is 10.6. The van der Waals surface area contributed by atoms with Crippen molar-refractivity contribution in [2.75, 3.05) is 5.73 Å². The summed E-state index contributed by atoms with van der Waals surface area (Å²) in [7, 11) is -1.36. The van der Waals surface area contributed by atoms with Crippen LogP contribution in [-0.4, -0.2) is 33.8 Å². The number of nitrogens with zero attached hydrogens (tertiary/aromatic N) is 3. The third kappa shape index (κ3) is 3.28. The summed E-state index contributed by atoms with van der Waals surface area (Å²) in [4.78, 5) is 15.0. The fourth-order valence-electron chi connectivity index (χ4n) is 3.08. The number of benzene rings is 2. The van der Waals surface area contributed by atoms with Crippen LogP contribution in [0, 0.1) is 0 Å². The van der Waals surface area contributed by atoms with Crippen molar-refractivity contribution in [3.05, 3.63) is 67.0 Å². The van der Waals surface area contributed by atoms with Crippen molar-refractivity contribution in [3.63, 3.8) is 0 Å². The quantitative estimate of drug-likeness (QED) is 0.407. The molecule has 0 aliphatic carbocycles. The van der Waals surface area contributed by atoms with E-state index in [1.54, 1.807) is 18.3 Å². The monoisotopic (exact) mass is 370 g/mol. The lowest BCUT2D eigenvalue weighted by molar-refractivity contribution is -0.121. The number of aromatic nitrogens is 3. The van der Waals surface area contributed by atoms with Gasteiger partial charge in [0, 0.05) is 17.1 Å². The highest BCUT2D eigenvalue weighted by Crippen LogP contribution is 2.32. The van der Waals surface area contributed by atoms with E-state index in [9.17, 15) is 9.82 Å². The van der Waals surface area contributed by atoms with E-state index in [1.807, 2.05) is 42.5 Å². The zero-order valence-corrected chi connectivity index (χ0v) is 14.7. The minimum atomic E-state index is -1.36. The number of fused-ring (bicyclic) bond motifs is 1. The molecule has 0 saturated carbocycles. The molecule has 136 valence electrons. The maximum atomic E-state index is 10.6. The van der Waals surface area contributed by atoms with E-state index in [0.717, 1.165) is 27.8 Å². The number of nitrogens with two attached hydrogens (primary N) is 1. The molecule has 2 aromatic heterocycles. The molecule has 0 spiro atoms. The SMILES string of the molecule is Nc1cnnc2cc(-c3cc(B(O)OC=O)ccc3-c3ccccn3)ccc12. The van der Waals surface area contributed by atoms with Crippen molar-refractivity contribution >= 4 is 35.6 Å². The molecular weight excluding hydrogens is 355 g/mol. The molecule has 3 N–H and O–H groups in total. The molecule has 4 rings (SSSR count). The van der Waals surface area contributed by atoms with Crippen molar-refractivity contribution in [1.29, 1.82) is 0 Å². The van der Waals surface area contributed by atoms with Crippen molar-refractivity contribution in [3.8, 4) is 22.4 Å². The Labute approximate surface area is 161 Å². The smallest absolute Gasteiger partial charge is 0.508 e. The van der Waals surface area contributed by atoms with Crippen molar-refractivity contribution < 1.29 is 14.5 Å². The number of pyridine rings is 1. The highest BCUT2D eigenvalue weighted by molar-refractivity contribution is 6.61. The number of hydrogen-bond acceptors (Lipinski definition) is 7. The zero-order valence-electron chi connectivity index (χ0n) is 14.7. The summed E-state index contributed by atoms with van der Waals surface area (Å²) < 4.78 is 4.67. The summed E-state index contributed by atoms with van der Waals surface area (Å²) in [6, 6.07) is 16.6. The van der Waals surface area contributed by atoms with Crippen LogP contribution >= 0.6 is 0 Å². The maximum Gasteiger partial charge on any atom is 0.561 e. The molecular formula is C20H15BN4O3. The average Bonchev–Trinajstić information content (AvgIpc) is 2.74. The first-order valence-corrected chi connectivity index (χ1v) is 8.51. The molecule has 0 fully saturated rings. The third-order valence-corrected chi connectivity index (χ3v) is 4.44. The van der Waals surface area contributed by atoms with Crippen LogP contribution < -0.4 is 11.2 Å². The van der Waals surface area contributed by atoms with Crippen molar-refractivity contribution in [2.24, 2.45) is 0 Å². The second kappa shape index (κ2) is 7.46. The molecule has 0 aliphatic rings. The van der Waals surface area contributed by atoms with E-state index in [1.165, 1.54) is 6.20 Å². The van der Waals surface area contributed by atoms with Gasteiger partial charge in [0.15, 0.2) is 0 Å². The van der Waals surface area contributed by atoms with Gasteiger partial charge in [-0.1, -0.05) is 30.3 Å². The van der Waals surface area contributed by atoms with Crippen LogP contribution in [0.15, 0.2) is 67.0 Å². The fourth-order valence-corrected chi connectivity index (χ4v) is 3.08. The highest BCUT2D eigenvalue weighted by atomic mass is 16.5. The van der Waals surface area contributed by atoms with Gasteiger partial charge in [0.2, 0.25) is 0 Å². The molecule has 0 aliphatic heterocycles. The Balaban J connectivity index is 1.92. The number of carbonyl (C=O) groups is 1. The molecule has 0 unspecified atom stereocenters. The zero-order chi connectivity index (χ0) is 19.5. The number of rotatable bonds is 5. The Bertz CT molecular complexity index is 1150. The van der Waals surface area contributed by atoms with Crippen LogP contribution in [0.4, 0.5) is 5.69 Å². The van der Waals surface area contributed by atoms with Gasteiger partial charge < -0.3 is 15.4 Å². The molecule has 0 atom stereocenters. The predicted molar refractivity (Wildman–Crippen MR) is 107 cm³/mol. The minimum absolute atomic E-state index is 0.214. The summed E-state index contributed by atoms with van der Waals surface area (Å²) in [5.41, 5.74) is 10.9. The lowest BCUT2D eigenvalue weighted by atomic mass is 9.77. The first-order chi connectivity index (χ1) is 13.7. The Hall–Kier alpha value is -3.78. The first-order valence-electron chi connectivity index (χ1n) is 8.51. The second-order valence-corrected chi connectivity index (χ2v) is 6.14. The largest absolute Gasteiger partial charge is 0.561 e. The average molecular weight is 370 g/mol. The standard InChI is InChI=1S/C20H15BN4O3/c22-18-11-24-25-20-9-13(4-6-16(18)20)17-10-14(21(27)28-12-26)5-7-15(17)19-3-1-2-8-23-19/h1-12,27H,(H2,22,25). The van der Waals surface area contributed by atoms with E-state index in [4.69, 9.17) is 5.73 Å². The molecule has 28 heavy (non-hydrogen) atoms. The van der Waals surface area contributed by atoms with Crippen LogP contribution in [0.1, 0.15) is 0 Å². The van der Waals surface area contributed by atoms with Crippen LogP contribution in [0.2, 0.25) is 0 Å². The number of carbonyl (C=O) groups excluding carboxylic acids is 1. The fraction of sp³-hybridized carbons (Fsp3) is 0.